The first-order valence-electron chi connectivity index (χ1n) is 13.3. The molecule has 2 aromatic carbocycles. The predicted octanol–water partition coefficient (Wildman–Crippen LogP) is 3.00. The number of hydrazine groups is 1. The quantitative estimate of drug-likeness (QED) is 0.188. The van der Waals surface area contributed by atoms with Crippen molar-refractivity contribution in [3.05, 3.63) is 70.8 Å². The van der Waals surface area contributed by atoms with Gasteiger partial charge in [0, 0.05) is 51.2 Å². The van der Waals surface area contributed by atoms with Crippen molar-refractivity contribution in [1.29, 1.82) is 0 Å². The summed E-state index contributed by atoms with van der Waals surface area (Å²) in [5, 5.41) is 12.6. The van der Waals surface area contributed by atoms with E-state index in [1.54, 1.807) is 12.1 Å². The molecule has 4 rings (SSSR count). The van der Waals surface area contributed by atoms with Gasteiger partial charge in [-0.05, 0) is 30.2 Å². The van der Waals surface area contributed by atoms with Crippen LogP contribution in [-0.2, 0) is 25.8 Å². The minimum absolute atomic E-state index is 0.00663. The van der Waals surface area contributed by atoms with E-state index in [9.17, 15) is 23.2 Å². The molecule has 3 N–H and O–H groups in total. The molecule has 1 saturated heterocycles. The molecule has 42 heavy (non-hydrogen) atoms. The van der Waals surface area contributed by atoms with Crippen molar-refractivity contribution >= 4 is 36.1 Å². The Labute approximate surface area is 246 Å². The summed E-state index contributed by atoms with van der Waals surface area (Å²) in [6, 6.07) is 10.2. The molecule has 1 aliphatic heterocycles. The molecule has 0 aliphatic carbocycles. The number of aromatic nitrogens is 1. The van der Waals surface area contributed by atoms with E-state index >= 15 is 0 Å². The number of amides is 2. The van der Waals surface area contributed by atoms with Crippen LogP contribution in [0.1, 0.15) is 25.3 Å². The third kappa shape index (κ3) is 7.75. The van der Waals surface area contributed by atoms with Crippen LogP contribution in [0.2, 0.25) is 5.02 Å². The van der Waals surface area contributed by atoms with Crippen molar-refractivity contribution in [3.8, 4) is 11.3 Å². The van der Waals surface area contributed by atoms with Crippen LogP contribution in [0.25, 0.3) is 11.3 Å². The van der Waals surface area contributed by atoms with Crippen molar-refractivity contribution < 1.29 is 32.5 Å². The molecule has 3 atom stereocenters. The third-order valence-corrected chi connectivity index (χ3v) is 7.16. The molecule has 1 aromatic heterocycles. The highest BCUT2D eigenvalue weighted by atomic mass is 35.5. The Morgan fingerprint density at radius 2 is 2.05 bits per heavy atom. The summed E-state index contributed by atoms with van der Waals surface area (Å²) in [6.07, 6.45) is 0.424. The fraction of sp³-hybridized carbons (Fsp3) is 0.357. The molecule has 14 heteroatoms. The molecule has 2 heterocycles. The maximum absolute atomic E-state index is 14.0. The number of anilines is 1. The van der Waals surface area contributed by atoms with Crippen LogP contribution in [0.3, 0.4) is 0 Å². The maximum Gasteiger partial charge on any atom is 0.258 e. The number of nitrogens with one attached hydrogen (secondary N) is 3. The predicted molar refractivity (Wildman–Crippen MR) is 150 cm³/mol. The first-order chi connectivity index (χ1) is 20.3. The van der Waals surface area contributed by atoms with Gasteiger partial charge in [0.15, 0.2) is 0 Å². The topological polar surface area (TPSA) is 129 Å². The summed E-state index contributed by atoms with van der Waals surface area (Å²) in [7, 11) is 0. The van der Waals surface area contributed by atoms with Crippen LogP contribution in [0.5, 0.6) is 0 Å². The summed E-state index contributed by atoms with van der Waals surface area (Å²) >= 11 is 6.12. The van der Waals surface area contributed by atoms with Crippen LogP contribution in [-0.4, -0.2) is 66.6 Å². The molecule has 11 nitrogen and oxygen atoms in total. The molecular formula is C28H31ClF2N6O5. The molecule has 2 amide bonds. The Hall–Kier alpha value is -3.75. The van der Waals surface area contributed by atoms with E-state index < -0.39 is 35.7 Å². The molecule has 1 aliphatic rings. The monoisotopic (exact) mass is 604 g/mol. The van der Waals surface area contributed by atoms with Gasteiger partial charge in [0.1, 0.15) is 29.7 Å². The lowest BCUT2D eigenvalue weighted by Gasteiger charge is -2.42. The number of benzene rings is 2. The Balaban J connectivity index is 1.64. The van der Waals surface area contributed by atoms with Crippen molar-refractivity contribution in [3.63, 3.8) is 0 Å². The van der Waals surface area contributed by atoms with E-state index in [0.29, 0.717) is 37.2 Å². The van der Waals surface area contributed by atoms with Crippen molar-refractivity contribution in [2.45, 2.75) is 44.5 Å². The van der Waals surface area contributed by atoms with E-state index in [4.69, 9.17) is 21.0 Å². The number of aldehydes is 1. The molecular weight excluding hydrogens is 574 g/mol. The Morgan fingerprint density at radius 3 is 2.74 bits per heavy atom. The summed E-state index contributed by atoms with van der Waals surface area (Å²) in [6.45, 7) is 3.00. The highest BCUT2D eigenvalue weighted by molar-refractivity contribution is 6.31. The van der Waals surface area contributed by atoms with E-state index in [2.05, 4.69) is 21.2 Å². The van der Waals surface area contributed by atoms with Crippen molar-refractivity contribution in [1.82, 2.24) is 26.2 Å². The lowest BCUT2D eigenvalue weighted by atomic mass is 9.97. The molecule has 1 fully saturated rings. The van der Waals surface area contributed by atoms with Crippen molar-refractivity contribution in [2.24, 2.45) is 0 Å². The van der Waals surface area contributed by atoms with Crippen LogP contribution in [0.4, 0.5) is 14.7 Å². The normalized spacial score (nSPS) is 16.4. The molecule has 0 spiro atoms. The van der Waals surface area contributed by atoms with Crippen LogP contribution in [0, 0.1) is 11.6 Å². The minimum atomic E-state index is -0.912. The summed E-state index contributed by atoms with van der Waals surface area (Å²) in [5.41, 5.74) is 4.11. The second-order valence-electron chi connectivity index (χ2n) is 9.57. The average Bonchev–Trinajstić information content (AvgIpc) is 3.48. The Morgan fingerprint density at radius 1 is 1.24 bits per heavy atom. The lowest BCUT2D eigenvalue weighted by Crippen LogP contribution is -2.64. The highest BCUT2D eigenvalue weighted by Gasteiger charge is 2.39. The fourth-order valence-corrected chi connectivity index (χ4v) is 4.92. The SMILES string of the molecule is CC(=O)N(NCc1cccc(F)c1Cl)[C@@H](CCC=O)C(ON(C=O)c1cc(-c2cccc(F)c2)no1)C1CNCCN1. The second kappa shape index (κ2) is 14.9. The highest BCUT2D eigenvalue weighted by Crippen LogP contribution is 2.27. The summed E-state index contributed by atoms with van der Waals surface area (Å²) < 4.78 is 33.2. The van der Waals surface area contributed by atoms with Gasteiger partial charge in [-0.25, -0.2) is 14.2 Å². The van der Waals surface area contributed by atoms with Crippen LogP contribution < -0.4 is 21.1 Å². The molecule has 224 valence electrons. The lowest BCUT2D eigenvalue weighted by molar-refractivity contribution is -0.144. The van der Waals surface area contributed by atoms with E-state index in [-0.39, 0.29) is 36.0 Å². The van der Waals surface area contributed by atoms with Gasteiger partial charge in [0.25, 0.3) is 5.88 Å². The van der Waals surface area contributed by atoms with Crippen LogP contribution in [0.15, 0.2) is 53.1 Å². The summed E-state index contributed by atoms with van der Waals surface area (Å²) in [4.78, 5) is 42.9. The third-order valence-electron chi connectivity index (χ3n) is 6.74. The smallest absolute Gasteiger partial charge is 0.258 e. The summed E-state index contributed by atoms with van der Waals surface area (Å²) in [5.74, 6) is -1.57. The van der Waals surface area contributed by atoms with Gasteiger partial charge in [0.05, 0.1) is 17.1 Å². The van der Waals surface area contributed by atoms with Gasteiger partial charge >= 0.3 is 0 Å². The number of carbonyl (C=O) groups excluding carboxylic acids is 3. The molecule has 2 unspecified atom stereocenters. The number of halogens is 3. The molecule has 3 aromatic rings. The maximum atomic E-state index is 14.0. The standard InChI is InChI=1S/C28H31ClF2N6O5/c1-18(40)37(34-15-20-6-3-8-22(31)27(20)29)25(9-4-12-38)28(24-16-32-10-11-33-24)42-36(17-39)26-14-23(35-41-26)19-5-2-7-21(30)13-19/h2-3,5-8,12-14,17,24-25,28,32-34H,4,9-11,15-16H2,1H3/t24?,25-,28?/m0/s1. The largest absolute Gasteiger partial charge is 0.335 e. The van der Waals surface area contributed by atoms with E-state index in [0.717, 1.165) is 11.3 Å². The van der Waals surface area contributed by atoms with Gasteiger partial charge in [-0.15, -0.1) is 0 Å². The van der Waals surface area contributed by atoms with Crippen molar-refractivity contribution in [2.75, 3.05) is 24.7 Å². The zero-order chi connectivity index (χ0) is 30.1. The van der Waals surface area contributed by atoms with Gasteiger partial charge in [-0.2, -0.15) is 5.06 Å². The Kier molecular flexibility index (Phi) is 11.1. The fourth-order valence-electron chi connectivity index (χ4n) is 4.73. The van der Waals surface area contributed by atoms with Gasteiger partial charge in [-0.3, -0.25) is 19.4 Å². The van der Waals surface area contributed by atoms with Gasteiger partial charge in [-0.1, -0.05) is 41.0 Å². The first-order valence-corrected chi connectivity index (χ1v) is 13.7. The zero-order valence-electron chi connectivity index (χ0n) is 22.8. The molecule has 0 bridgehead atoms. The van der Waals surface area contributed by atoms with Gasteiger partial charge < -0.3 is 20.0 Å². The minimum Gasteiger partial charge on any atom is -0.335 e. The van der Waals surface area contributed by atoms with E-state index in [1.165, 1.54) is 48.3 Å². The first kappa shape index (κ1) is 31.2. The second-order valence-corrected chi connectivity index (χ2v) is 9.95. The average molecular weight is 605 g/mol. The van der Waals surface area contributed by atoms with Gasteiger partial charge in [0.2, 0.25) is 12.3 Å². The van der Waals surface area contributed by atoms with E-state index in [1.807, 2.05) is 0 Å². The number of rotatable bonds is 14. The molecule has 0 saturated carbocycles. The zero-order valence-corrected chi connectivity index (χ0v) is 23.5. The molecule has 0 radical (unpaired) electrons. The number of hydrogen-bond donors (Lipinski definition) is 3. The number of nitrogens with zero attached hydrogens (tertiary/aromatic N) is 3. The number of hydrogen-bond acceptors (Lipinski definition) is 9. The van der Waals surface area contributed by atoms with Crippen LogP contribution >= 0.6 is 11.6 Å². The number of hydroxylamine groups is 1. The number of carbonyl (C=O) groups is 3. The number of piperazine rings is 1. The Bertz CT molecular complexity index is 1370.